The van der Waals surface area contributed by atoms with Crippen LogP contribution in [0.15, 0.2) is 42.5 Å². The van der Waals surface area contributed by atoms with Gasteiger partial charge in [-0.25, -0.2) is 0 Å². The summed E-state index contributed by atoms with van der Waals surface area (Å²) in [5, 5.41) is 6.26. The quantitative estimate of drug-likeness (QED) is 0.889. The lowest BCUT2D eigenvalue weighted by molar-refractivity contribution is -0.117. The summed E-state index contributed by atoms with van der Waals surface area (Å²) in [5.41, 5.74) is 3.34. The minimum atomic E-state index is -0.138. The number of carbonyl (C=O) groups is 2. The molecular formula is C19H19ClN2O2. The molecule has 124 valence electrons. The number of hydrogen-bond acceptors (Lipinski definition) is 2. The van der Waals surface area contributed by atoms with Gasteiger partial charge in [-0.15, -0.1) is 0 Å². The van der Waals surface area contributed by atoms with Crippen molar-refractivity contribution in [2.45, 2.75) is 19.3 Å². The summed E-state index contributed by atoms with van der Waals surface area (Å²) in [5.74, 6) is 0.128. The lowest BCUT2D eigenvalue weighted by atomic mass is 10.1. The number of anilines is 1. The van der Waals surface area contributed by atoms with Gasteiger partial charge in [-0.1, -0.05) is 23.7 Å². The number of amides is 2. The Bertz CT molecular complexity index is 786. The Balaban J connectivity index is 1.66. The van der Waals surface area contributed by atoms with E-state index < -0.39 is 0 Å². The van der Waals surface area contributed by atoms with E-state index in [-0.39, 0.29) is 23.7 Å². The molecule has 24 heavy (non-hydrogen) atoms. The van der Waals surface area contributed by atoms with E-state index in [1.54, 1.807) is 25.2 Å². The van der Waals surface area contributed by atoms with Crippen LogP contribution in [0.5, 0.6) is 0 Å². The lowest BCUT2D eigenvalue weighted by Crippen LogP contribution is -2.19. The number of halogens is 1. The van der Waals surface area contributed by atoms with Gasteiger partial charge in [-0.2, -0.15) is 0 Å². The number of rotatable bonds is 4. The number of hydrogen-bond donors (Lipinski definition) is 2. The van der Waals surface area contributed by atoms with Crippen molar-refractivity contribution in [1.82, 2.24) is 5.32 Å². The smallest absolute Gasteiger partial charge is 0.251 e. The van der Waals surface area contributed by atoms with E-state index in [1.165, 1.54) is 0 Å². The third-order valence-electron chi connectivity index (χ3n) is 4.40. The summed E-state index contributed by atoms with van der Waals surface area (Å²) in [6.45, 7) is 1.88. The van der Waals surface area contributed by atoms with Gasteiger partial charge in [0.05, 0.1) is 0 Å². The summed E-state index contributed by atoms with van der Waals surface area (Å²) in [4.78, 5) is 24.1. The molecule has 0 unspecified atom stereocenters. The topological polar surface area (TPSA) is 58.2 Å². The van der Waals surface area contributed by atoms with E-state index in [2.05, 4.69) is 10.6 Å². The first-order valence-corrected chi connectivity index (χ1v) is 8.26. The second kappa shape index (κ2) is 6.65. The summed E-state index contributed by atoms with van der Waals surface area (Å²) < 4.78 is 0. The highest BCUT2D eigenvalue weighted by Gasteiger charge is 2.43. The Morgan fingerprint density at radius 1 is 1.12 bits per heavy atom. The van der Waals surface area contributed by atoms with Gasteiger partial charge in [0.15, 0.2) is 0 Å². The van der Waals surface area contributed by atoms with Crippen molar-refractivity contribution in [3.8, 4) is 0 Å². The number of carbonyl (C=O) groups excluding carboxylic acids is 2. The van der Waals surface area contributed by atoms with Crippen molar-refractivity contribution in [2.24, 2.45) is 5.92 Å². The molecule has 0 radical (unpaired) electrons. The Morgan fingerprint density at radius 2 is 1.83 bits per heavy atom. The fourth-order valence-electron chi connectivity index (χ4n) is 2.88. The van der Waals surface area contributed by atoms with Gasteiger partial charge in [0.2, 0.25) is 5.91 Å². The fourth-order valence-corrected chi connectivity index (χ4v) is 3.00. The molecule has 0 aromatic heterocycles. The molecule has 2 amide bonds. The molecule has 1 aliphatic carbocycles. The molecule has 2 aromatic carbocycles. The van der Waals surface area contributed by atoms with Crippen LogP contribution in [0.25, 0.3) is 0 Å². The Labute approximate surface area is 146 Å². The fraction of sp³-hybridized carbons (Fsp3) is 0.263. The van der Waals surface area contributed by atoms with Gasteiger partial charge in [0.1, 0.15) is 0 Å². The highest BCUT2D eigenvalue weighted by Crippen LogP contribution is 2.48. The monoisotopic (exact) mass is 342 g/mol. The maximum Gasteiger partial charge on any atom is 0.251 e. The second-order valence-electron chi connectivity index (χ2n) is 6.10. The minimum absolute atomic E-state index is 0.0100. The van der Waals surface area contributed by atoms with Gasteiger partial charge in [0, 0.05) is 29.2 Å². The standard InChI is InChI=1S/C19H19ClN2O2/c1-11-9-13(18(23)21-2)5-8-17(11)22-19(24)16-10-15(16)12-3-6-14(20)7-4-12/h3-9,15-16H,10H2,1-2H3,(H,21,23)(H,22,24)/t15-,16+/m0/s1. The molecule has 0 aliphatic heterocycles. The zero-order chi connectivity index (χ0) is 17.3. The minimum Gasteiger partial charge on any atom is -0.355 e. The molecule has 1 aliphatic rings. The van der Waals surface area contributed by atoms with Crippen molar-refractivity contribution in [3.05, 3.63) is 64.2 Å². The van der Waals surface area contributed by atoms with Gasteiger partial charge < -0.3 is 10.6 Å². The van der Waals surface area contributed by atoms with E-state index >= 15 is 0 Å². The molecule has 3 rings (SSSR count). The largest absolute Gasteiger partial charge is 0.355 e. The Hall–Kier alpha value is -2.33. The Morgan fingerprint density at radius 3 is 2.46 bits per heavy atom. The van der Waals surface area contributed by atoms with E-state index in [0.717, 1.165) is 23.2 Å². The molecule has 0 spiro atoms. The predicted molar refractivity (Wildman–Crippen MR) is 95.5 cm³/mol. The first-order chi connectivity index (χ1) is 11.5. The third-order valence-corrected chi connectivity index (χ3v) is 4.65. The van der Waals surface area contributed by atoms with Gasteiger partial charge in [-0.05, 0) is 60.7 Å². The summed E-state index contributed by atoms with van der Waals surface area (Å²) in [6, 6.07) is 12.9. The highest BCUT2D eigenvalue weighted by molar-refractivity contribution is 6.30. The Kier molecular flexibility index (Phi) is 4.58. The molecule has 5 heteroatoms. The zero-order valence-electron chi connectivity index (χ0n) is 13.6. The number of aryl methyl sites for hydroxylation is 1. The molecule has 0 bridgehead atoms. The van der Waals surface area contributed by atoms with Crippen molar-refractivity contribution in [1.29, 1.82) is 0 Å². The van der Waals surface area contributed by atoms with Crippen molar-refractivity contribution in [3.63, 3.8) is 0 Å². The van der Waals surface area contributed by atoms with Gasteiger partial charge in [-0.3, -0.25) is 9.59 Å². The van der Waals surface area contributed by atoms with Crippen LogP contribution in [0.3, 0.4) is 0 Å². The number of nitrogens with one attached hydrogen (secondary N) is 2. The van der Waals surface area contributed by atoms with Crippen molar-refractivity contribution < 1.29 is 9.59 Å². The van der Waals surface area contributed by atoms with E-state index in [9.17, 15) is 9.59 Å². The third kappa shape index (κ3) is 3.44. The van der Waals surface area contributed by atoms with Crippen LogP contribution in [0.1, 0.15) is 33.8 Å². The van der Waals surface area contributed by atoms with Crippen LogP contribution >= 0.6 is 11.6 Å². The van der Waals surface area contributed by atoms with Crippen LogP contribution in [-0.4, -0.2) is 18.9 Å². The average molecular weight is 343 g/mol. The molecular weight excluding hydrogens is 324 g/mol. The molecule has 1 saturated carbocycles. The molecule has 2 N–H and O–H groups in total. The van der Waals surface area contributed by atoms with E-state index in [4.69, 9.17) is 11.6 Å². The average Bonchev–Trinajstić information content (AvgIpc) is 3.37. The molecule has 0 heterocycles. The van der Waals surface area contributed by atoms with Crippen molar-refractivity contribution >= 4 is 29.1 Å². The molecule has 2 atom stereocenters. The molecule has 4 nitrogen and oxygen atoms in total. The normalized spacial score (nSPS) is 18.8. The molecule has 0 saturated heterocycles. The molecule has 1 fully saturated rings. The van der Waals surface area contributed by atoms with E-state index in [1.807, 2.05) is 31.2 Å². The SMILES string of the molecule is CNC(=O)c1ccc(NC(=O)[C@@H]2C[C@H]2c2ccc(Cl)cc2)c(C)c1. The highest BCUT2D eigenvalue weighted by atomic mass is 35.5. The van der Waals surface area contributed by atoms with Crippen LogP contribution in [-0.2, 0) is 4.79 Å². The first-order valence-electron chi connectivity index (χ1n) is 7.88. The second-order valence-corrected chi connectivity index (χ2v) is 6.53. The summed E-state index contributed by atoms with van der Waals surface area (Å²) >= 11 is 5.90. The van der Waals surface area contributed by atoms with Crippen molar-refractivity contribution in [2.75, 3.05) is 12.4 Å². The maximum atomic E-state index is 12.4. The molecule has 2 aromatic rings. The zero-order valence-corrected chi connectivity index (χ0v) is 14.4. The van der Waals surface area contributed by atoms with Crippen LogP contribution in [0.4, 0.5) is 5.69 Å². The summed E-state index contributed by atoms with van der Waals surface area (Å²) in [7, 11) is 1.59. The lowest BCUT2D eigenvalue weighted by Gasteiger charge is -2.10. The van der Waals surface area contributed by atoms with Crippen LogP contribution in [0, 0.1) is 12.8 Å². The number of benzene rings is 2. The first kappa shape index (κ1) is 16.5. The van der Waals surface area contributed by atoms with Gasteiger partial charge in [0.25, 0.3) is 5.91 Å². The maximum absolute atomic E-state index is 12.4. The van der Waals surface area contributed by atoms with Gasteiger partial charge >= 0.3 is 0 Å². The predicted octanol–water partition coefficient (Wildman–Crippen LogP) is 3.75. The van der Waals surface area contributed by atoms with Crippen LogP contribution < -0.4 is 10.6 Å². The van der Waals surface area contributed by atoms with Crippen LogP contribution in [0.2, 0.25) is 5.02 Å². The summed E-state index contributed by atoms with van der Waals surface area (Å²) in [6.07, 6.45) is 0.850. The van der Waals surface area contributed by atoms with E-state index in [0.29, 0.717) is 10.6 Å².